The second-order valence-corrected chi connectivity index (χ2v) is 6.74. The third-order valence-electron chi connectivity index (χ3n) is 4.93. The zero-order valence-electron chi connectivity index (χ0n) is 13.1. The van der Waals surface area contributed by atoms with E-state index in [0.717, 1.165) is 56.7 Å². The molecular formula is C18H26N2O2. The SMILES string of the molecule is O=C(NC1CCC(O)CC1)c1ccc(CC2CCNC2)cc1. The van der Waals surface area contributed by atoms with Crippen LogP contribution in [0.2, 0.25) is 0 Å². The molecule has 1 atom stereocenters. The molecular weight excluding hydrogens is 276 g/mol. The van der Waals surface area contributed by atoms with Crippen LogP contribution < -0.4 is 10.6 Å². The Kier molecular flexibility index (Phi) is 5.11. The molecule has 1 amide bonds. The van der Waals surface area contributed by atoms with Crippen molar-refractivity contribution in [2.75, 3.05) is 13.1 Å². The first-order chi connectivity index (χ1) is 10.7. The Balaban J connectivity index is 1.51. The summed E-state index contributed by atoms with van der Waals surface area (Å²) < 4.78 is 0. The monoisotopic (exact) mass is 302 g/mol. The number of hydrogen-bond acceptors (Lipinski definition) is 3. The second-order valence-electron chi connectivity index (χ2n) is 6.74. The molecule has 22 heavy (non-hydrogen) atoms. The van der Waals surface area contributed by atoms with E-state index in [1.54, 1.807) is 0 Å². The van der Waals surface area contributed by atoms with Crippen molar-refractivity contribution in [2.45, 2.75) is 50.7 Å². The van der Waals surface area contributed by atoms with Gasteiger partial charge in [-0.2, -0.15) is 0 Å². The van der Waals surface area contributed by atoms with Crippen LogP contribution in [0.4, 0.5) is 0 Å². The number of aliphatic hydroxyl groups excluding tert-OH is 1. The summed E-state index contributed by atoms with van der Waals surface area (Å²) in [7, 11) is 0. The van der Waals surface area contributed by atoms with Crippen molar-refractivity contribution in [1.29, 1.82) is 0 Å². The Morgan fingerprint density at radius 3 is 2.50 bits per heavy atom. The van der Waals surface area contributed by atoms with Crippen LogP contribution in [0, 0.1) is 5.92 Å². The van der Waals surface area contributed by atoms with Crippen LogP contribution >= 0.6 is 0 Å². The van der Waals surface area contributed by atoms with Crippen LogP contribution in [-0.4, -0.2) is 36.2 Å². The number of rotatable bonds is 4. The fourth-order valence-electron chi connectivity index (χ4n) is 3.50. The zero-order valence-corrected chi connectivity index (χ0v) is 13.1. The molecule has 0 radical (unpaired) electrons. The summed E-state index contributed by atoms with van der Waals surface area (Å²) in [5.74, 6) is 0.740. The summed E-state index contributed by atoms with van der Waals surface area (Å²) in [5, 5.41) is 16.0. The van der Waals surface area contributed by atoms with Gasteiger partial charge in [0.15, 0.2) is 0 Å². The van der Waals surface area contributed by atoms with E-state index in [1.165, 1.54) is 12.0 Å². The average molecular weight is 302 g/mol. The molecule has 1 aromatic rings. The summed E-state index contributed by atoms with van der Waals surface area (Å²) >= 11 is 0. The number of carbonyl (C=O) groups is 1. The lowest BCUT2D eigenvalue weighted by Crippen LogP contribution is -2.38. The highest BCUT2D eigenvalue weighted by Gasteiger charge is 2.21. The van der Waals surface area contributed by atoms with Crippen molar-refractivity contribution in [3.05, 3.63) is 35.4 Å². The second kappa shape index (κ2) is 7.25. The van der Waals surface area contributed by atoms with Crippen molar-refractivity contribution >= 4 is 5.91 Å². The lowest BCUT2D eigenvalue weighted by Gasteiger charge is -2.26. The van der Waals surface area contributed by atoms with E-state index < -0.39 is 0 Å². The Morgan fingerprint density at radius 2 is 1.86 bits per heavy atom. The molecule has 1 unspecified atom stereocenters. The van der Waals surface area contributed by atoms with Crippen LogP contribution in [-0.2, 0) is 6.42 Å². The number of aliphatic hydroxyl groups is 1. The smallest absolute Gasteiger partial charge is 0.251 e. The summed E-state index contributed by atoms with van der Waals surface area (Å²) in [6.45, 7) is 2.23. The highest BCUT2D eigenvalue weighted by molar-refractivity contribution is 5.94. The van der Waals surface area contributed by atoms with Gasteiger partial charge in [0.05, 0.1) is 6.10 Å². The standard InChI is InChI=1S/C18H26N2O2/c21-17-7-5-16(6-8-17)20-18(22)15-3-1-13(2-4-15)11-14-9-10-19-12-14/h1-4,14,16-17,19,21H,5-12H2,(H,20,22). The predicted molar refractivity (Wildman–Crippen MR) is 86.9 cm³/mol. The molecule has 0 aromatic heterocycles. The maximum atomic E-state index is 12.3. The molecule has 1 saturated carbocycles. The van der Waals surface area contributed by atoms with E-state index in [9.17, 15) is 9.90 Å². The topological polar surface area (TPSA) is 61.4 Å². The maximum Gasteiger partial charge on any atom is 0.251 e. The van der Waals surface area contributed by atoms with Gasteiger partial charge in [-0.3, -0.25) is 4.79 Å². The van der Waals surface area contributed by atoms with Gasteiger partial charge in [0, 0.05) is 11.6 Å². The largest absolute Gasteiger partial charge is 0.393 e. The Labute approximate surface area is 132 Å². The van der Waals surface area contributed by atoms with E-state index >= 15 is 0 Å². The van der Waals surface area contributed by atoms with Crippen molar-refractivity contribution in [3.63, 3.8) is 0 Å². The van der Waals surface area contributed by atoms with Gasteiger partial charge in [-0.05, 0) is 75.2 Å². The molecule has 4 nitrogen and oxygen atoms in total. The molecule has 1 heterocycles. The number of benzene rings is 1. The molecule has 2 fully saturated rings. The van der Waals surface area contributed by atoms with Crippen LogP contribution in [0.15, 0.2) is 24.3 Å². The minimum absolute atomic E-state index is 0.00970. The van der Waals surface area contributed by atoms with Crippen molar-refractivity contribution < 1.29 is 9.90 Å². The predicted octanol–water partition coefficient (Wildman–Crippen LogP) is 1.87. The lowest BCUT2D eigenvalue weighted by atomic mass is 9.93. The minimum atomic E-state index is -0.183. The van der Waals surface area contributed by atoms with Crippen LogP contribution in [0.3, 0.4) is 0 Å². The molecule has 1 aliphatic heterocycles. The fraction of sp³-hybridized carbons (Fsp3) is 0.611. The van der Waals surface area contributed by atoms with E-state index in [0.29, 0.717) is 0 Å². The quantitative estimate of drug-likeness (QED) is 0.796. The van der Waals surface area contributed by atoms with Crippen molar-refractivity contribution in [1.82, 2.24) is 10.6 Å². The third-order valence-corrected chi connectivity index (χ3v) is 4.93. The van der Waals surface area contributed by atoms with Crippen LogP contribution in [0.1, 0.15) is 48.0 Å². The van der Waals surface area contributed by atoms with Crippen LogP contribution in [0.5, 0.6) is 0 Å². The Hall–Kier alpha value is -1.39. The highest BCUT2D eigenvalue weighted by Crippen LogP contribution is 2.19. The van der Waals surface area contributed by atoms with Gasteiger partial charge in [0.25, 0.3) is 5.91 Å². The summed E-state index contributed by atoms with van der Waals surface area (Å²) in [6.07, 6.45) is 5.49. The first-order valence-corrected chi connectivity index (χ1v) is 8.49. The molecule has 1 aromatic carbocycles. The third kappa shape index (κ3) is 4.08. The summed E-state index contributed by atoms with van der Waals surface area (Å²) in [5.41, 5.74) is 2.05. The zero-order chi connectivity index (χ0) is 15.4. The van der Waals surface area contributed by atoms with Gasteiger partial charge in [0.1, 0.15) is 0 Å². The molecule has 1 aliphatic carbocycles. The van der Waals surface area contributed by atoms with Crippen molar-refractivity contribution in [3.8, 4) is 0 Å². The molecule has 3 N–H and O–H groups in total. The van der Waals surface area contributed by atoms with Gasteiger partial charge >= 0.3 is 0 Å². The first-order valence-electron chi connectivity index (χ1n) is 8.49. The molecule has 2 aliphatic rings. The lowest BCUT2D eigenvalue weighted by molar-refractivity contribution is 0.0867. The molecule has 3 rings (SSSR count). The fourth-order valence-corrected chi connectivity index (χ4v) is 3.50. The van der Waals surface area contributed by atoms with Crippen LogP contribution in [0.25, 0.3) is 0 Å². The van der Waals surface area contributed by atoms with E-state index in [1.807, 2.05) is 12.1 Å². The minimum Gasteiger partial charge on any atom is -0.393 e. The number of nitrogens with one attached hydrogen (secondary N) is 2. The van der Waals surface area contributed by atoms with Gasteiger partial charge in [-0.15, -0.1) is 0 Å². The van der Waals surface area contributed by atoms with Gasteiger partial charge in [-0.25, -0.2) is 0 Å². The normalized spacial score (nSPS) is 28.5. The maximum absolute atomic E-state index is 12.3. The van der Waals surface area contributed by atoms with Gasteiger partial charge < -0.3 is 15.7 Å². The average Bonchev–Trinajstić information content (AvgIpc) is 3.03. The molecule has 1 saturated heterocycles. The molecule has 4 heteroatoms. The van der Waals surface area contributed by atoms with E-state index in [2.05, 4.69) is 22.8 Å². The molecule has 0 spiro atoms. The molecule has 0 bridgehead atoms. The Bertz CT molecular complexity index is 486. The van der Waals surface area contributed by atoms with E-state index in [-0.39, 0.29) is 18.1 Å². The number of hydrogen-bond donors (Lipinski definition) is 3. The van der Waals surface area contributed by atoms with Gasteiger partial charge in [-0.1, -0.05) is 12.1 Å². The number of amides is 1. The molecule has 120 valence electrons. The van der Waals surface area contributed by atoms with Gasteiger partial charge in [0.2, 0.25) is 0 Å². The summed E-state index contributed by atoms with van der Waals surface area (Å²) in [4.78, 5) is 12.3. The highest BCUT2D eigenvalue weighted by atomic mass is 16.3. The number of carbonyl (C=O) groups excluding carboxylic acids is 1. The first kappa shape index (κ1) is 15.5. The summed E-state index contributed by atoms with van der Waals surface area (Å²) in [6, 6.07) is 8.24. The van der Waals surface area contributed by atoms with E-state index in [4.69, 9.17) is 0 Å². The Morgan fingerprint density at radius 1 is 1.14 bits per heavy atom. The van der Waals surface area contributed by atoms with Crippen molar-refractivity contribution in [2.24, 2.45) is 5.92 Å².